The van der Waals surface area contributed by atoms with Crippen LogP contribution in [0.25, 0.3) is 0 Å². The number of aryl methyl sites for hydroxylation is 1. The highest BCUT2D eigenvalue weighted by Crippen LogP contribution is 2.28. The van der Waals surface area contributed by atoms with Gasteiger partial charge in [-0.15, -0.1) is 5.10 Å². The summed E-state index contributed by atoms with van der Waals surface area (Å²) in [6, 6.07) is 12.2. The fourth-order valence-electron chi connectivity index (χ4n) is 2.22. The highest BCUT2D eigenvalue weighted by atomic mass is 32.2. The molecule has 0 spiro atoms. The van der Waals surface area contributed by atoms with Crippen molar-refractivity contribution in [3.8, 4) is 11.5 Å². The van der Waals surface area contributed by atoms with E-state index in [1.54, 1.807) is 30.3 Å². The molecule has 1 amide bonds. The second-order valence-corrected chi connectivity index (χ2v) is 6.62. The predicted octanol–water partition coefficient (Wildman–Crippen LogP) is 2.78. The van der Waals surface area contributed by atoms with E-state index in [-0.39, 0.29) is 5.91 Å². The molecule has 7 nitrogen and oxygen atoms in total. The van der Waals surface area contributed by atoms with E-state index in [1.807, 2.05) is 19.1 Å². The molecule has 3 rings (SSSR count). The summed E-state index contributed by atoms with van der Waals surface area (Å²) in [6.07, 6.45) is 1.52. The van der Waals surface area contributed by atoms with E-state index in [0.29, 0.717) is 33.5 Å². The maximum Gasteiger partial charge on any atom is 0.343 e. The Balaban J connectivity index is 1.71. The summed E-state index contributed by atoms with van der Waals surface area (Å²) in [4.78, 5) is 23.4. The summed E-state index contributed by atoms with van der Waals surface area (Å²) < 4.78 is 10.7. The van der Waals surface area contributed by atoms with Crippen LogP contribution in [0.5, 0.6) is 11.5 Å². The van der Waals surface area contributed by atoms with Crippen molar-refractivity contribution in [2.75, 3.05) is 12.9 Å². The van der Waals surface area contributed by atoms with E-state index in [2.05, 4.69) is 15.5 Å². The Kier molecular flexibility index (Phi) is 5.87. The van der Waals surface area contributed by atoms with Crippen LogP contribution in [0.3, 0.4) is 0 Å². The lowest BCUT2D eigenvalue weighted by atomic mass is 10.1. The van der Waals surface area contributed by atoms with E-state index in [1.165, 1.54) is 25.1 Å². The lowest BCUT2D eigenvalue weighted by molar-refractivity contribution is -0.116. The number of carbonyl (C=O) groups is 2. The number of rotatable bonds is 5. The third kappa shape index (κ3) is 4.95. The number of carbonyl (C=O) groups excluding carboxylic acids is 2. The number of benzene rings is 2. The number of methoxy groups -OCH3 is 1. The van der Waals surface area contributed by atoms with E-state index >= 15 is 0 Å². The Hall–Kier alpha value is -3.13. The van der Waals surface area contributed by atoms with Gasteiger partial charge >= 0.3 is 5.97 Å². The van der Waals surface area contributed by atoms with Crippen LogP contribution < -0.4 is 14.8 Å². The SMILES string of the molecule is COc1cc(C=NN=C2NC(=O)CS2)ccc1OC(=O)c1ccc(C)cc1. The van der Waals surface area contributed by atoms with Crippen LogP contribution in [0.1, 0.15) is 21.5 Å². The zero-order valence-corrected chi connectivity index (χ0v) is 15.6. The van der Waals surface area contributed by atoms with Crippen molar-refractivity contribution in [1.82, 2.24) is 5.32 Å². The molecule has 1 heterocycles. The molecule has 2 aromatic rings. The summed E-state index contributed by atoms with van der Waals surface area (Å²) in [7, 11) is 1.49. The summed E-state index contributed by atoms with van der Waals surface area (Å²) in [5.41, 5.74) is 2.23. The first-order chi connectivity index (χ1) is 13.0. The molecule has 1 N–H and O–H groups in total. The maximum atomic E-state index is 12.3. The first-order valence-corrected chi connectivity index (χ1v) is 9.04. The first kappa shape index (κ1) is 18.7. The molecular weight excluding hydrogens is 366 g/mol. The number of nitrogens with zero attached hydrogens (tertiary/aromatic N) is 2. The number of ether oxygens (including phenoxy) is 2. The molecule has 1 fully saturated rings. The van der Waals surface area contributed by atoms with Gasteiger partial charge < -0.3 is 14.8 Å². The molecule has 2 aromatic carbocycles. The van der Waals surface area contributed by atoms with Gasteiger partial charge in [-0.05, 0) is 42.8 Å². The molecule has 0 aromatic heterocycles. The van der Waals surface area contributed by atoms with E-state index in [0.717, 1.165) is 5.56 Å². The van der Waals surface area contributed by atoms with Gasteiger partial charge in [0.05, 0.1) is 24.6 Å². The minimum atomic E-state index is -0.463. The molecule has 8 heteroatoms. The largest absolute Gasteiger partial charge is 0.493 e. The highest BCUT2D eigenvalue weighted by Gasteiger charge is 2.16. The second kappa shape index (κ2) is 8.50. The first-order valence-electron chi connectivity index (χ1n) is 8.06. The monoisotopic (exact) mass is 383 g/mol. The quantitative estimate of drug-likeness (QED) is 0.371. The van der Waals surface area contributed by atoms with E-state index < -0.39 is 5.97 Å². The summed E-state index contributed by atoms with van der Waals surface area (Å²) in [5.74, 6) is 0.509. The normalized spacial score (nSPS) is 15.2. The van der Waals surface area contributed by atoms with Crippen LogP contribution in [-0.4, -0.2) is 36.1 Å². The van der Waals surface area contributed by atoms with Gasteiger partial charge in [-0.1, -0.05) is 29.5 Å². The van der Waals surface area contributed by atoms with Crippen molar-refractivity contribution < 1.29 is 19.1 Å². The smallest absolute Gasteiger partial charge is 0.343 e. The van der Waals surface area contributed by atoms with Gasteiger partial charge in [0.2, 0.25) is 5.91 Å². The number of amidine groups is 1. The minimum absolute atomic E-state index is 0.0876. The molecule has 0 saturated carbocycles. The number of hydrogen-bond donors (Lipinski definition) is 1. The standard InChI is InChI=1S/C19H17N3O4S/c1-12-3-6-14(7-4-12)18(24)26-15-8-5-13(9-16(15)25-2)10-20-22-19-21-17(23)11-27-19/h3-10H,11H2,1-2H3,(H,21,22,23). The van der Waals surface area contributed by atoms with E-state index in [9.17, 15) is 9.59 Å². The fraction of sp³-hybridized carbons (Fsp3) is 0.158. The molecule has 0 aliphatic carbocycles. The fourth-order valence-corrected chi connectivity index (χ4v) is 2.86. The number of thioether (sulfide) groups is 1. The van der Waals surface area contributed by atoms with Gasteiger partial charge in [-0.25, -0.2) is 4.79 Å². The molecule has 1 aliphatic rings. The lowest BCUT2D eigenvalue weighted by Crippen LogP contribution is -2.19. The zero-order chi connectivity index (χ0) is 19.2. The van der Waals surface area contributed by atoms with Gasteiger partial charge in [0.1, 0.15) is 0 Å². The van der Waals surface area contributed by atoms with Gasteiger partial charge in [0, 0.05) is 0 Å². The van der Waals surface area contributed by atoms with Crippen LogP contribution in [-0.2, 0) is 4.79 Å². The number of amides is 1. The average Bonchev–Trinajstić information content (AvgIpc) is 3.08. The Morgan fingerprint density at radius 1 is 1.19 bits per heavy atom. The summed E-state index contributed by atoms with van der Waals surface area (Å²) in [5, 5.41) is 10.9. The third-order valence-electron chi connectivity index (χ3n) is 3.62. The molecule has 138 valence electrons. The number of esters is 1. The average molecular weight is 383 g/mol. The van der Waals surface area contributed by atoms with Gasteiger partial charge in [0.25, 0.3) is 0 Å². The molecule has 0 radical (unpaired) electrons. The number of nitrogens with one attached hydrogen (secondary N) is 1. The second-order valence-electron chi connectivity index (χ2n) is 5.65. The van der Waals surface area contributed by atoms with Crippen molar-refractivity contribution in [3.63, 3.8) is 0 Å². The summed E-state index contributed by atoms with van der Waals surface area (Å²) in [6.45, 7) is 1.95. The van der Waals surface area contributed by atoms with Crippen LogP contribution in [0.15, 0.2) is 52.7 Å². The third-order valence-corrected chi connectivity index (χ3v) is 4.48. The number of hydrogen-bond acceptors (Lipinski definition) is 7. The highest BCUT2D eigenvalue weighted by molar-refractivity contribution is 8.15. The van der Waals surface area contributed by atoms with Crippen molar-refractivity contribution in [2.24, 2.45) is 10.2 Å². The van der Waals surface area contributed by atoms with Crippen molar-refractivity contribution in [3.05, 3.63) is 59.2 Å². The van der Waals surface area contributed by atoms with Crippen molar-refractivity contribution >= 4 is 35.0 Å². The van der Waals surface area contributed by atoms with Crippen LogP contribution in [0.2, 0.25) is 0 Å². The predicted molar refractivity (Wildman–Crippen MR) is 105 cm³/mol. The molecule has 27 heavy (non-hydrogen) atoms. The Labute approximate surface area is 160 Å². The van der Waals surface area contributed by atoms with Crippen LogP contribution in [0.4, 0.5) is 0 Å². The molecule has 0 atom stereocenters. The Morgan fingerprint density at radius 2 is 1.96 bits per heavy atom. The molecule has 0 unspecified atom stereocenters. The summed E-state index contributed by atoms with van der Waals surface area (Å²) >= 11 is 1.29. The van der Waals surface area contributed by atoms with Gasteiger partial charge in [0.15, 0.2) is 16.7 Å². The Morgan fingerprint density at radius 3 is 2.63 bits per heavy atom. The van der Waals surface area contributed by atoms with Crippen LogP contribution >= 0.6 is 11.8 Å². The zero-order valence-electron chi connectivity index (χ0n) is 14.8. The van der Waals surface area contributed by atoms with Gasteiger partial charge in [-0.3, -0.25) is 4.79 Å². The molecular formula is C19H17N3O4S. The van der Waals surface area contributed by atoms with Crippen molar-refractivity contribution in [2.45, 2.75) is 6.92 Å². The molecule has 1 aliphatic heterocycles. The molecule has 1 saturated heterocycles. The van der Waals surface area contributed by atoms with Crippen LogP contribution in [0, 0.1) is 6.92 Å². The van der Waals surface area contributed by atoms with Crippen molar-refractivity contribution in [1.29, 1.82) is 0 Å². The minimum Gasteiger partial charge on any atom is -0.493 e. The maximum absolute atomic E-state index is 12.3. The Bertz CT molecular complexity index is 923. The molecule has 0 bridgehead atoms. The van der Waals surface area contributed by atoms with E-state index in [4.69, 9.17) is 9.47 Å². The van der Waals surface area contributed by atoms with Gasteiger partial charge in [-0.2, -0.15) is 5.10 Å². The lowest BCUT2D eigenvalue weighted by Gasteiger charge is -2.10. The topological polar surface area (TPSA) is 89.3 Å².